The third-order valence-corrected chi connectivity index (χ3v) is 2.26. The van der Waals surface area contributed by atoms with Crippen molar-refractivity contribution in [1.82, 2.24) is 5.32 Å². The van der Waals surface area contributed by atoms with Gasteiger partial charge in [-0.05, 0) is 0 Å². The van der Waals surface area contributed by atoms with Gasteiger partial charge in [0.05, 0.1) is 5.92 Å². The molecule has 0 aromatic carbocycles. The molecule has 2 rings (SSSR count). The van der Waals surface area contributed by atoms with Crippen LogP contribution in [0.1, 0.15) is 0 Å². The summed E-state index contributed by atoms with van der Waals surface area (Å²) in [6.45, 7) is 1.36. The summed E-state index contributed by atoms with van der Waals surface area (Å²) < 4.78 is 31.7. The maximum absolute atomic E-state index is 10.6. The molecular weight excluding hydrogens is 261 g/mol. The first-order valence-electron chi connectivity index (χ1n) is 4.71. The number of hydrogen-bond acceptors (Lipinski definition) is 5. The van der Waals surface area contributed by atoms with Crippen LogP contribution in [0.3, 0.4) is 0 Å². The van der Waals surface area contributed by atoms with Gasteiger partial charge in [-0.3, -0.25) is 0 Å². The first kappa shape index (κ1) is 14.2. The fourth-order valence-corrected chi connectivity index (χ4v) is 1.43. The number of nitrogens with zero attached hydrogens (tertiary/aromatic N) is 1. The van der Waals surface area contributed by atoms with E-state index in [2.05, 4.69) is 10.5 Å². The normalized spacial score (nSPS) is 25.4. The molecule has 2 aliphatic heterocycles. The molecule has 0 aromatic heterocycles. The molecule has 18 heavy (non-hydrogen) atoms. The summed E-state index contributed by atoms with van der Waals surface area (Å²) in [5.41, 5.74) is 0.153. The predicted molar refractivity (Wildman–Crippen MR) is 50.0 cm³/mol. The molecule has 0 amide bonds. The van der Waals surface area contributed by atoms with Crippen molar-refractivity contribution in [1.29, 1.82) is 0 Å². The average molecular weight is 270 g/mol. The van der Waals surface area contributed by atoms with Gasteiger partial charge in [0, 0.05) is 13.1 Å². The molecule has 3 N–H and O–H groups in total. The molecule has 102 valence electrons. The van der Waals surface area contributed by atoms with Gasteiger partial charge in [0.1, 0.15) is 6.10 Å². The quantitative estimate of drug-likeness (QED) is 0.602. The number of halogens is 3. The lowest BCUT2D eigenvalue weighted by atomic mass is 10.0. The highest BCUT2D eigenvalue weighted by Crippen LogP contribution is 2.21. The van der Waals surface area contributed by atoms with Gasteiger partial charge in [0.2, 0.25) is 0 Å². The zero-order valence-corrected chi connectivity index (χ0v) is 8.77. The van der Waals surface area contributed by atoms with Crippen LogP contribution in [0.2, 0.25) is 0 Å². The summed E-state index contributed by atoms with van der Waals surface area (Å²) >= 11 is 0. The minimum Gasteiger partial charge on any atom is -0.477 e. The van der Waals surface area contributed by atoms with E-state index in [4.69, 9.17) is 19.8 Å². The van der Waals surface area contributed by atoms with E-state index >= 15 is 0 Å². The fourth-order valence-electron chi connectivity index (χ4n) is 1.43. The van der Waals surface area contributed by atoms with Crippen molar-refractivity contribution in [2.45, 2.75) is 12.3 Å². The van der Waals surface area contributed by atoms with Crippen LogP contribution in [0.25, 0.3) is 0 Å². The Balaban J connectivity index is 0.000000203. The lowest BCUT2D eigenvalue weighted by molar-refractivity contribution is -0.192. The highest BCUT2D eigenvalue weighted by atomic mass is 19.4. The van der Waals surface area contributed by atoms with Crippen LogP contribution in [0, 0.1) is 5.92 Å². The molecule has 0 spiro atoms. The van der Waals surface area contributed by atoms with Crippen LogP contribution in [-0.4, -0.2) is 53.2 Å². The highest BCUT2D eigenvalue weighted by Gasteiger charge is 2.41. The summed E-state index contributed by atoms with van der Waals surface area (Å²) in [7, 11) is 0. The smallest absolute Gasteiger partial charge is 0.477 e. The number of aliphatic carboxylic acids is 2. The Labute approximate surface area is 98.2 Å². The average Bonchev–Trinajstić information content (AvgIpc) is 2.75. The molecule has 10 heteroatoms. The van der Waals surface area contributed by atoms with E-state index in [0.717, 1.165) is 0 Å². The second kappa shape index (κ2) is 5.21. The van der Waals surface area contributed by atoms with Gasteiger partial charge in [-0.1, -0.05) is 5.16 Å². The lowest BCUT2D eigenvalue weighted by Crippen LogP contribution is -2.26. The van der Waals surface area contributed by atoms with E-state index < -0.39 is 18.1 Å². The van der Waals surface area contributed by atoms with Gasteiger partial charge in [-0.15, -0.1) is 0 Å². The van der Waals surface area contributed by atoms with E-state index in [-0.39, 0.29) is 17.7 Å². The molecule has 0 aliphatic carbocycles. The summed E-state index contributed by atoms with van der Waals surface area (Å²) in [6.07, 6.45) is -5.14. The van der Waals surface area contributed by atoms with Gasteiger partial charge in [-0.2, -0.15) is 13.2 Å². The summed E-state index contributed by atoms with van der Waals surface area (Å²) in [5.74, 6) is -3.78. The second-order valence-corrected chi connectivity index (χ2v) is 3.49. The van der Waals surface area contributed by atoms with Crippen molar-refractivity contribution < 1.29 is 37.8 Å². The summed E-state index contributed by atoms with van der Waals surface area (Å²) in [6, 6.07) is 0. The monoisotopic (exact) mass is 270 g/mol. The molecule has 0 bridgehead atoms. The zero-order valence-electron chi connectivity index (χ0n) is 8.77. The lowest BCUT2D eigenvalue weighted by Gasteiger charge is -2.03. The molecule has 1 fully saturated rings. The van der Waals surface area contributed by atoms with Gasteiger partial charge >= 0.3 is 18.1 Å². The molecule has 2 aliphatic rings. The molecule has 2 atom stereocenters. The number of fused-ring (bicyclic) bond motifs is 1. The number of rotatable bonds is 1. The Kier molecular flexibility index (Phi) is 4.11. The van der Waals surface area contributed by atoms with Crippen molar-refractivity contribution in [2.24, 2.45) is 11.1 Å². The Morgan fingerprint density at radius 2 is 1.89 bits per heavy atom. The molecule has 2 heterocycles. The first-order valence-corrected chi connectivity index (χ1v) is 4.71. The SMILES string of the molecule is O=C(O)C(F)(F)F.O=C(O)C1=NO[C@H]2CNC[C@@H]12. The molecule has 0 saturated carbocycles. The van der Waals surface area contributed by atoms with Crippen molar-refractivity contribution in [2.75, 3.05) is 13.1 Å². The molecule has 0 radical (unpaired) electrons. The maximum atomic E-state index is 10.6. The van der Waals surface area contributed by atoms with E-state index in [0.29, 0.717) is 13.1 Å². The minimum atomic E-state index is -5.08. The van der Waals surface area contributed by atoms with Crippen molar-refractivity contribution in [3.63, 3.8) is 0 Å². The number of carboxylic acid groups (broad SMARTS) is 2. The molecule has 0 unspecified atom stereocenters. The molecule has 1 saturated heterocycles. The third kappa shape index (κ3) is 3.32. The van der Waals surface area contributed by atoms with E-state index in [9.17, 15) is 18.0 Å². The summed E-state index contributed by atoms with van der Waals surface area (Å²) in [5, 5.41) is 22.3. The Morgan fingerprint density at radius 1 is 1.33 bits per heavy atom. The Morgan fingerprint density at radius 3 is 2.33 bits per heavy atom. The fraction of sp³-hybridized carbons (Fsp3) is 0.625. The van der Waals surface area contributed by atoms with E-state index in [1.54, 1.807) is 0 Å². The highest BCUT2D eigenvalue weighted by molar-refractivity contribution is 6.36. The predicted octanol–water partition coefficient (Wildman–Crippen LogP) is -0.322. The van der Waals surface area contributed by atoms with Crippen LogP contribution >= 0.6 is 0 Å². The van der Waals surface area contributed by atoms with Gasteiger partial charge in [0.15, 0.2) is 5.71 Å². The number of oxime groups is 1. The van der Waals surface area contributed by atoms with Gasteiger partial charge in [0.25, 0.3) is 0 Å². The zero-order chi connectivity index (χ0) is 13.9. The third-order valence-electron chi connectivity index (χ3n) is 2.26. The number of hydrogen-bond donors (Lipinski definition) is 3. The van der Waals surface area contributed by atoms with Gasteiger partial charge < -0.3 is 20.4 Å². The standard InChI is InChI=1S/C6H8N2O3.C2HF3O2/c9-6(10)5-3-1-7-2-4(3)11-8-5;3-2(4,5)1(6)7/h3-4,7H,1-2H2,(H,9,10);(H,6,7)/t3-,4+;/m1./s1. The van der Waals surface area contributed by atoms with Crippen LogP contribution in [0.5, 0.6) is 0 Å². The molecule has 0 aromatic rings. The van der Waals surface area contributed by atoms with Crippen molar-refractivity contribution >= 4 is 17.7 Å². The largest absolute Gasteiger partial charge is 0.490 e. The van der Waals surface area contributed by atoms with Crippen LogP contribution in [-0.2, 0) is 14.4 Å². The Hall–Kier alpha value is -1.84. The van der Waals surface area contributed by atoms with Crippen LogP contribution in [0.4, 0.5) is 13.2 Å². The topological polar surface area (TPSA) is 108 Å². The maximum Gasteiger partial charge on any atom is 0.490 e. The number of carboxylic acids is 2. The second-order valence-electron chi connectivity index (χ2n) is 3.49. The Bertz CT molecular complexity index is 381. The van der Waals surface area contributed by atoms with Crippen LogP contribution in [0.15, 0.2) is 5.16 Å². The molecular formula is C8H9F3N2O5. The number of carbonyl (C=O) groups is 2. The van der Waals surface area contributed by atoms with Crippen LogP contribution < -0.4 is 5.32 Å². The van der Waals surface area contributed by atoms with Crippen molar-refractivity contribution in [3.8, 4) is 0 Å². The van der Waals surface area contributed by atoms with Gasteiger partial charge in [-0.25, -0.2) is 9.59 Å². The minimum absolute atomic E-state index is 0.0486. The van der Waals surface area contributed by atoms with E-state index in [1.807, 2.05) is 0 Å². The van der Waals surface area contributed by atoms with Crippen molar-refractivity contribution in [3.05, 3.63) is 0 Å². The number of nitrogens with one attached hydrogen (secondary N) is 1. The number of alkyl halides is 3. The molecule has 7 nitrogen and oxygen atoms in total. The van der Waals surface area contributed by atoms with E-state index in [1.165, 1.54) is 0 Å². The summed E-state index contributed by atoms with van der Waals surface area (Å²) in [4.78, 5) is 24.3. The first-order chi connectivity index (χ1) is 8.23.